The van der Waals surface area contributed by atoms with E-state index in [1.807, 2.05) is 0 Å². The van der Waals surface area contributed by atoms with E-state index < -0.39 is 116 Å². The van der Waals surface area contributed by atoms with Gasteiger partial charge in [0, 0.05) is 48.5 Å². The number of rotatable bonds is 11. The maximum absolute atomic E-state index is 12.2. The molecule has 0 aliphatic carbocycles. The molecule has 18 nitrogen and oxygen atoms in total. The Morgan fingerprint density at radius 3 is 1.45 bits per heavy atom. The molecule has 0 radical (unpaired) electrons. The van der Waals surface area contributed by atoms with Crippen LogP contribution in [0.4, 0.5) is 0 Å². The van der Waals surface area contributed by atoms with Crippen LogP contribution in [-0.4, -0.2) is 121 Å². The summed E-state index contributed by atoms with van der Waals surface area (Å²) < 4.78 is 49.2. The maximum Gasteiger partial charge on any atom is 0.303 e. The summed E-state index contributed by atoms with van der Waals surface area (Å²) in [6.45, 7) is 6.33. The number of carbonyl (C=O) groups is 7. The Bertz CT molecular complexity index is 1090. The summed E-state index contributed by atoms with van der Waals surface area (Å²) >= 11 is 0. The van der Waals surface area contributed by atoms with Crippen molar-refractivity contribution in [1.29, 1.82) is 0 Å². The first kappa shape index (κ1) is 36.3. The number of hydrogen-bond donors (Lipinski definition) is 2. The van der Waals surface area contributed by atoms with Gasteiger partial charge in [-0.05, 0) is 0 Å². The molecule has 2 N–H and O–H groups in total. The minimum absolute atomic E-state index is 0.559. The predicted molar refractivity (Wildman–Crippen MR) is 138 cm³/mol. The highest BCUT2D eigenvalue weighted by Gasteiger charge is 2.56. The summed E-state index contributed by atoms with van der Waals surface area (Å²) in [5.74, 6) is -5.68. The second kappa shape index (κ2) is 16.3. The zero-order valence-electron chi connectivity index (χ0n) is 25.2. The first-order valence-corrected chi connectivity index (χ1v) is 13.4. The lowest BCUT2D eigenvalue weighted by Crippen LogP contribution is -2.68. The van der Waals surface area contributed by atoms with Crippen molar-refractivity contribution >= 4 is 41.7 Å². The SMILES string of the molecule is CC(=O)N[C@@H]1[C@@H](OC(C)=O)[C@H](O[C@@H]2O[C@H](COC(C)=O)[C@@H](OC(C)=O)[C@H](OC(C)=O)[C@H]2OC(C)=O)[C@@H](COC(C)=O)O[C@@H]1O. The van der Waals surface area contributed by atoms with Crippen molar-refractivity contribution in [2.45, 2.75) is 110 Å². The van der Waals surface area contributed by atoms with E-state index in [-0.39, 0.29) is 0 Å². The molecule has 0 aromatic heterocycles. The molecule has 2 aliphatic heterocycles. The van der Waals surface area contributed by atoms with Crippen LogP contribution < -0.4 is 5.32 Å². The van der Waals surface area contributed by atoms with Crippen LogP contribution in [0.5, 0.6) is 0 Å². The Morgan fingerprint density at radius 2 is 1.00 bits per heavy atom. The summed E-state index contributed by atoms with van der Waals surface area (Å²) in [6.07, 6.45) is -14.2. The lowest BCUT2D eigenvalue weighted by atomic mass is 9.95. The first-order chi connectivity index (χ1) is 20.5. The number of esters is 6. The smallest absolute Gasteiger partial charge is 0.303 e. The fourth-order valence-corrected chi connectivity index (χ4v) is 4.59. The van der Waals surface area contributed by atoms with Gasteiger partial charge in [-0.15, -0.1) is 0 Å². The molecule has 10 atom stereocenters. The number of aliphatic hydroxyl groups excluding tert-OH is 1. The summed E-state index contributed by atoms with van der Waals surface area (Å²) in [5.41, 5.74) is 0. The van der Waals surface area contributed by atoms with Crippen LogP contribution >= 0.6 is 0 Å². The predicted octanol–water partition coefficient (Wildman–Crippen LogP) is -1.83. The van der Waals surface area contributed by atoms with E-state index >= 15 is 0 Å². The summed E-state index contributed by atoms with van der Waals surface area (Å²) in [6, 6.07) is -1.43. The van der Waals surface area contributed by atoms with Crippen LogP contribution in [0.25, 0.3) is 0 Å². The van der Waals surface area contributed by atoms with E-state index in [0.29, 0.717) is 0 Å². The summed E-state index contributed by atoms with van der Waals surface area (Å²) in [7, 11) is 0. The Kier molecular flexibility index (Phi) is 13.4. The van der Waals surface area contributed by atoms with E-state index in [0.717, 1.165) is 48.5 Å². The molecule has 2 heterocycles. The molecular weight excluding hydrogens is 598 g/mol. The Morgan fingerprint density at radius 1 is 0.568 bits per heavy atom. The number of amides is 1. The molecule has 44 heavy (non-hydrogen) atoms. The van der Waals surface area contributed by atoms with Gasteiger partial charge >= 0.3 is 35.8 Å². The number of aliphatic hydroxyl groups is 1. The van der Waals surface area contributed by atoms with Crippen molar-refractivity contribution in [2.75, 3.05) is 13.2 Å². The molecule has 0 aromatic rings. The van der Waals surface area contributed by atoms with Gasteiger partial charge in [0.1, 0.15) is 37.6 Å². The lowest BCUT2D eigenvalue weighted by Gasteiger charge is -2.48. The van der Waals surface area contributed by atoms with Gasteiger partial charge in [0.15, 0.2) is 37.0 Å². The Balaban J connectivity index is 2.66. The third kappa shape index (κ3) is 10.7. The van der Waals surface area contributed by atoms with Gasteiger partial charge in [-0.2, -0.15) is 0 Å². The average molecular weight is 636 g/mol. The van der Waals surface area contributed by atoms with E-state index in [1.54, 1.807) is 0 Å². The summed E-state index contributed by atoms with van der Waals surface area (Å²) in [4.78, 5) is 83.6. The number of nitrogens with one attached hydrogen (secondary N) is 1. The van der Waals surface area contributed by atoms with Crippen molar-refractivity contribution in [3.63, 3.8) is 0 Å². The van der Waals surface area contributed by atoms with Crippen LogP contribution in [-0.2, 0) is 76.2 Å². The highest BCUT2D eigenvalue weighted by molar-refractivity contribution is 5.73. The molecule has 0 saturated carbocycles. The Labute approximate surface area is 251 Å². The van der Waals surface area contributed by atoms with Gasteiger partial charge < -0.3 is 53.1 Å². The quantitative estimate of drug-likeness (QED) is 0.188. The van der Waals surface area contributed by atoms with Gasteiger partial charge in [-0.1, -0.05) is 0 Å². The van der Waals surface area contributed by atoms with Gasteiger partial charge in [-0.3, -0.25) is 33.6 Å². The molecule has 2 saturated heterocycles. The lowest BCUT2D eigenvalue weighted by molar-refractivity contribution is -0.347. The fraction of sp³-hybridized carbons (Fsp3) is 0.731. The van der Waals surface area contributed by atoms with Crippen LogP contribution in [0.3, 0.4) is 0 Å². The molecule has 0 aromatic carbocycles. The number of carbonyl (C=O) groups excluding carboxylic acids is 7. The van der Waals surface area contributed by atoms with E-state index in [4.69, 9.17) is 42.6 Å². The zero-order chi connectivity index (χ0) is 33.3. The molecule has 0 unspecified atom stereocenters. The first-order valence-electron chi connectivity index (χ1n) is 13.4. The van der Waals surface area contributed by atoms with Crippen molar-refractivity contribution in [2.24, 2.45) is 0 Å². The standard InChI is InChI=1S/C26H37NO17/c1-10(28)27-19-22(39-14(5)32)20(17(42-25(19)35)8-36-11(2)29)44-26-24(41-16(7)34)23(40-15(6)33)21(38-13(4)31)18(43-26)9-37-12(3)30/h17-26,35H,8-9H2,1-7H3,(H,27,28)/t17-,18-,19-,20-,21-,22-,23+,24-,25+,26+/m1/s1. The fourth-order valence-electron chi connectivity index (χ4n) is 4.59. The minimum atomic E-state index is -1.79. The highest BCUT2D eigenvalue weighted by Crippen LogP contribution is 2.34. The van der Waals surface area contributed by atoms with Gasteiger partial charge in [0.25, 0.3) is 0 Å². The average Bonchev–Trinajstić information content (AvgIpc) is 2.87. The molecule has 2 fully saturated rings. The normalized spacial score (nSPS) is 31.5. The third-order valence-corrected chi connectivity index (χ3v) is 6.03. The molecule has 1 amide bonds. The topological polar surface area (TPSA) is 235 Å². The molecule has 18 heteroatoms. The highest BCUT2D eigenvalue weighted by atomic mass is 16.8. The summed E-state index contributed by atoms with van der Waals surface area (Å²) in [5, 5.41) is 13.1. The van der Waals surface area contributed by atoms with Crippen LogP contribution in [0.15, 0.2) is 0 Å². The second-order valence-corrected chi connectivity index (χ2v) is 9.84. The van der Waals surface area contributed by atoms with E-state index in [9.17, 15) is 38.7 Å². The van der Waals surface area contributed by atoms with Crippen molar-refractivity contribution < 1.29 is 81.3 Å². The number of hydrogen-bond acceptors (Lipinski definition) is 17. The molecular formula is C26H37NO17. The van der Waals surface area contributed by atoms with Crippen molar-refractivity contribution in [1.82, 2.24) is 5.32 Å². The largest absolute Gasteiger partial charge is 0.463 e. The van der Waals surface area contributed by atoms with Crippen LogP contribution in [0, 0.1) is 0 Å². The van der Waals surface area contributed by atoms with Crippen LogP contribution in [0.1, 0.15) is 48.5 Å². The maximum atomic E-state index is 12.2. The second-order valence-electron chi connectivity index (χ2n) is 9.84. The van der Waals surface area contributed by atoms with Gasteiger partial charge in [0.2, 0.25) is 5.91 Å². The molecule has 248 valence electrons. The minimum Gasteiger partial charge on any atom is -0.463 e. The van der Waals surface area contributed by atoms with E-state index in [1.165, 1.54) is 0 Å². The molecule has 2 aliphatic rings. The van der Waals surface area contributed by atoms with Crippen molar-refractivity contribution in [3.05, 3.63) is 0 Å². The Hall–Kier alpha value is -3.87. The van der Waals surface area contributed by atoms with E-state index in [2.05, 4.69) is 5.32 Å². The van der Waals surface area contributed by atoms with Gasteiger partial charge in [-0.25, -0.2) is 0 Å². The van der Waals surface area contributed by atoms with Gasteiger partial charge in [0.05, 0.1) is 0 Å². The molecule has 0 bridgehead atoms. The molecule has 0 spiro atoms. The van der Waals surface area contributed by atoms with Crippen molar-refractivity contribution in [3.8, 4) is 0 Å². The monoisotopic (exact) mass is 635 g/mol. The third-order valence-electron chi connectivity index (χ3n) is 6.03. The zero-order valence-corrected chi connectivity index (χ0v) is 25.2. The molecule has 2 rings (SSSR count). The van der Waals surface area contributed by atoms with Crippen LogP contribution in [0.2, 0.25) is 0 Å². The number of ether oxygens (including phenoxy) is 9.